The number of ether oxygens (including phenoxy) is 1. The molecular weight excluding hydrogens is 326 g/mol. The number of rotatable bonds is 4. The summed E-state index contributed by atoms with van der Waals surface area (Å²) in [6.45, 7) is 0.437. The van der Waals surface area contributed by atoms with E-state index in [1.807, 2.05) is 24.3 Å². The van der Waals surface area contributed by atoms with Gasteiger partial charge < -0.3 is 14.7 Å². The highest BCUT2D eigenvalue weighted by atomic mass is 79.9. The number of carbonyl (C=O) groups is 2. The molecule has 1 N–H and O–H groups in total. The maximum atomic E-state index is 12.2. The third-order valence-corrected chi connectivity index (χ3v) is 4.00. The van der Waals surface area contributed by atoms with Gasteiger partial charge in [-0.3, -0.25) is 9.59 Å². The predicted molar refractivity (Wildman–Crippen MR) is 76.3 cm³/mol. The van der Waals surface area contributed by atoms with Gasteiger partial charge in [-0.05, 0) is 17.7 Å². The van der Waals surface area contributed by atoms with Gasteiger partial charge in [-0.1, -0.05) is 28.1 Å². The zero-order chi connectivity index (χ0) is 14.7. The Bertz CT molecular complexity index is 520. The minimum Gasteiger partial charge on any atom is -0.481 e. The van der Waals surface area contributed by atoms with Crippen molar-refractivity contribution in [2.75, 3.05) is 20.3 Å². The molecule has 1 aliphatic heterocycles. The Morgan fingerprint density at radius 1 is 1.45 bits per heavy atom. The molecule has 2 rings (SSSR count). The molecule has 0 radical (unpaired) electrons. The largest absolute Gasteiger partial charge is 0.481 e. The third-order valence-electron chi connectivity index (χ3n) is 3.50. The fourth-order valence-corrected chi connectivity index (χ4v) is 2.74. The lowest BCUT2D eigenvalue weighted by atomic mass is 10.0. The summed E-state index contributed by atoms with van der Waals surface area (Å²) in [4.78, 5) is 24.9. The molecule has 1 aliphatic rings. The van der Waals surface area contributed by atoms with Gasteiger partial charge in [0.2, 0.25) is 5.91 Å². The van der Waals surface area contributed by atoms with E-state index in [-0.39, 0.29) is 25.5 Å². The van der Waals surface area contributed by atoms with E-state index >= 15 is 0 Å². The second kappa shape index (κ2) is 6.37. The number of carboxylic acid groups (broad SMARTS) is 1. The van der Waals surface area contributed by atoms with Gasteiger partial charge in [0, 0.05) is 11.5 Å². The molecule has 2 atom stereocenters. The first-order chi connectivity index (χ1) is 9.49. The molecule has 0 aromatic heterocycles. The van der Waals surface area contributed by atoms with Crippen LogP contribution in [-0.2, 0) is 20.7 Å². The summed E-state index contributed by atoms with van der Waals surface area (Å²) < 4.78 is 6.10. The van der Waals surface area contributed by atoms with Crippen molar-refractivity contribution in [3.05, 3.63) is 34.3 Å². The number of benzene rings is 1. The molecule has 6 heteroatoms. The van der Waals surface area contributed by atoms with Gasteiger partial charge in [-0.2, -0.15) is 0 Å². The van der Waals surface area contributed by atoms with Crippen LogP contribution in [0.2, 0.25) is 0 Å². The second-order valence-electron chi connectivity index (χ2n) is 4.86. The van der Waals surface area contributed by atoms with Crippen LogP contribution in [0.1, 0.15) is 5.56 Å². The van der Waals surface area contributed by atoms with Crippen molar-refractivity contribution < 1.29 is 19.4 Å². The SMILES string of the molecule is CN(C(=O)Cc1cccc(Br)c1)C1COCC1C(=O)O. The molecule has 1 heterocycles. The first-order valence-corrected chi connectivity index (χ1v) is 7.09. The van der Waals surface area contributed by atoms with E-state index in [0.29, 0.717) is 0 Å². The van der Waals surface area contributed by atoms with Crippen molar-refractivity contribution in [3.8, 4) is 0 Å². The molecule has 0 aliphatic carbocycles. The van der Waals surface area contributed by atoms with Crippen molar-refractivity contribution in [1.82, 2.24) is 4.90 Å². The number of carbonyl (C=O) groups excluding carboxylic acids is 1. The average Bonchev–Trinajstić information content (AvgIpc) is 2.87. The number of aliphatic carboxylic acids is 1. The number of nitrogens with zero attached hydrogens (tertiary/aromatic N) is 1. The van der Waals surface area contributed by atoms with Crippen molar-refractivity contribution in [2.24, 2.45) is 5.92 Å². The fraction of sp³-hybridized carbons (Fsp3) is 0.429. The Morgan fingerprint density at radius 3 is 2.85 bits per heavy atom. The fourth-order valence-electron chi connectivity index (χ4n) is 2.29. The molecule has 108 valence electrons. The third kappa shape index (κ3) is 3.37. The summed E-state index contributed by atoms with van der Waals surface area (Å²) in [7, 11) is 1.63. The van der Waals surface area contributed by atoms with E-state index in [2.05, 4.69) is 15.9 Å². The van der Waals surface area contributed by atoms with E-state index < -0.39 is 17.9 Å². The molecule has 1 saturated heterocycles. The van der Waals surface area contributed by atoms with E-state index in [0.717, 1.165) is 10.0 Å². The van der Waals surface area contributed by atoms with E-state index in [9.17, 15) is 9.59 Å². The molecule has 2 unspecified atom stereocenters. The van der Waals surface area contributed by atoms with E-state index in [1.165, 1.54) is 4.90 Å². The first-order valence-electron chi connectivity index (χ1n) is 6.29. The predicted octanol–water partition coefficient (Wildman–Crippen LogP) is 1.55. The number of hydrogen-bond acceptors (Lipinski definition) is 3. The highest BCUT2D eigenvalue weighted by Crippen LogP contribution is 2.20. The molecule has 0 bridgehead atoms. The lowest BCUT2D eigenvalue weighted by Gasteiger charge is -2.26. The molecule has 0 saturated carbocycles. The Kier molecular flexibility index (Phi) is 4.77. The lowest BCUT2D eigenvalue weighted by molar-refractivity contribution is -0.144. The Balaban J connectivity index is 2.03. The van der Waals surface area contributed by atoms with Gasteiger partial charge in [0.15, 0.2) is 0 Å². The molecule has 1 aromatic carbocycles. The monoisotopic (exact) mass is 341 g/mol. The highest BCUT2D eigenvalue weighted by molar-refractivity contribution is 9.10. The van der Waals surface area contributed by atoms with Gasteiger partial charge in [-0.25, -0.2) is 0 Å². The van der Waals surface area contributed by atoms with E-state index in [1.54, 1.807) is 7.05 Å². The summed E-state index contributed by atoms with van der Waals surface area (Å²) in [5.74, 6) is -1.68. The molecule has 0 spiro atoms. The zero-order valence-corrected chi connectivity index (χ0v) is 12.7. The Hall–Kier alpha value is -1.40. The molecule has 1 fully saturated rings. The summed E-state index contributed by atoms with van der Waals surface area (Å²) in [6.07, 6.45) is 0.249. The number of carboxylic acids is 1. The van der Waals surface area contributed by atoms with Crippen molar-refractivity contribution in [2.45, 2.75) is 12.5 Å². The number of halogens is 1. The summed E-state index contributed by atoms with van der Waals surface area (Å²) in [5.41, 5.74) is 0.891. The highest BCUT2D eigenvalue weighted by Gasteiger charge is 2.38. The smallest absolute Gasteiger partial charge is 0.311 e. The number of likely N-dealkylation sites (N-methyl/N-ethyl adjacent to an activating group) is 1. The molecular formula is C14H16BrNO4. The molecule has 1 aromatic rings. The van der Waals surface area contributed by atoms with Gasteiger partial charge in [0.25, 0.3) is 0 Å². The molecule has 5 nitrogen and oxygen atoms in total. The minimum atomic E-state index is -0.922. The topological polar surface area (TPSA) is 66.8 Å². The van der Waals surface area contributed by atoms with Gasteiger partial charge in [-0.15, -0.1) is 0 Å². The molecule has 20 heavy (non-hydrogen) atoms. The van der Waals surface area contributed by atoms with Crippen molar-refractivity contribution >= 4 is 27.8 Å². The Morgan fingerprint density at radius 2 is 2.20 bits per heavy atom. The maximum absolute atomic E-state index is 12.2. The average molecular weight is 342 g/mol. The van der Waals surface area contributed by atoms with Crippen molar-refractivity contribution in [1.29, 1.82) is 0 Å². The van der Waals surface area contributed by atoms with Gasteiger partial charge >= 0.3 is 5.97 Å². The summed E-state index contributed by atoms with van der Waals surface area (Å²) >= 11 is 3.36. The van der Waals surface area contributed by atoms with Crippen LogP contribution in [0, 0.1) is 5.92 Å². The maximum Gasteiger partial charge on any atom is 0.311 e. The molecule has 1 amide bonds. The second-order valence-corrected chi connectivity index (χ2v) is 5.78. The lowest BCUT2D eigenvalue weighted by Crippen LogP contribution is -2.44. The van der Waals surface area contributed by atoms with E-state index in [4.69, 9.17) is 9.84 Å². The number of amides is 1. The van der Waals surface area contributed by atoms with Crippen LogP contribution in [0.3, 0.4) is 0 Å². The quantitative estimate of drug-likeness (QED) is 0.902. The van der Waals surface area contributed by atoms with Gasteiger partial charge in [0.05, 0.1) is 25.7 Å². The van der Waals surface area contributed by atoms with Crippen LogP contribution < -0.4 is 0 Å². The summed E-state index contributed by atoms with van der Waals surface area (Å²) in [5, 5.41) is 9.12. The van der Waals surface area contributed by atoms with Crippen LogP contribution in [0.4, 0.5) is 0 Å². The van der Waals surface area contributed by atoms with Crippen molar-refractivity contribution in [3.63, 3.8) is 0 Å². The normalized spacial score (nSPS) is 21.7. The zero-order valence-electron chi connectivity index (χ0n) is 11.1. The van der Waals surface area contributed by atoms with Crippen LogP contribution in [0.5, 0.6) is 0 Å². The Labute approximate surface area is 125 Å². The van der Waals surface area contributed by atoms with Gasteiger partial charge in [0.1, 0.15) is 5.92 Å². The van der Waals surface area contributed by atoms with Crippen LogP contribution in [0.15, 0.2) is 28.7 Å². The van der Waals surface area contributed by atoms with Crippen LogP contribution in [-0.4, -0.2) is 48.2 Å². The standard InChI is InChI=1S/C14H16BrNO4/c1-16(12-8-20-7-11(12)14(18)19)13(17)6-9-3-2-4-10(15)5-9/h2-5,11-12H,6-8H2,1H3,(H,18,19). The van der Waals surface area contributed by atoms with Crippen LogP contribution >= 0.6 is 15.9 Å². The minimum absolute atomic E-state index is 0.107. The summed E-state index contributed by atoms with van der Waals surface area (Å²) in [6, 6.07) is 7.11. The number of hydrogen-bond donors (Lipinski definition) is 1. The first kappa shape index (κ1) is 15.0. The van der Waals surface area contributed by atoms with Crippen LogP contribution in [0.25, 0.3) is 0 Å².